The van der Waals surface area contributed by atoms with Crippen LogP contribution in [0.2, 0.25) is 0 Å². The number of rotatable bonds is 4. The first-order valence-electron chi connectivity index (χ1n) is 6.40. The van der Waals surface area contributed by atoms with E-state index in [1.54, 1.807) is 6.07 Å². The molecule has 0 heterocycles. The zero-order valence-electron chi connectivity index (χ0n) is 11.1. The highest BCUT2D eigenvalue weighted by Crippen LogP contribution is 2.27. The van der Waals surface area contributed by atoms with Gasteiger partial charge in [-0.25, -0.2) is 4.39 Å². The van der Waals surface area contributed by atoms with Crippen LogP contribution in [0.4, 0.5) is 10.1 Å². The van der Waals surface area contributed by atoms with Gasteiger partial charge in [0.25, 0.3) is 0 Å². The van der Waals surface area contributed by atoms with Crippen LogP contribution in [-0.2, 0) is 6.42 Å². The molecule has 1 atom stereocenters. The van der Waals surface area contributed by atoms with Gasteiger partial charge in [-0.3, -0.25) is 0 Å². The van der Waals surface area contributed by atoms with Crippen molar-refractivity contribution in [2.45, 2.75) is 26.3 Å². The van der Waals surface area contributed by atoms with Gasteiger partial charge in [0.2, 0.25) is 0 Å². The molecule has 1 N–H and O–H groups in total. The second kappa shape index (κ2) is 6.20. The van der Waals surface area contributed by atoms with E-state index in [0.717, 1.165) is 16.6 Å². The Labute approximate surface area is 122 Å². The van der Waals surface area contributed by atoms with Gasteiger partial charge in [-0.2, -0.15) is 0 Å². The number of anilines is 1. The zero-order valence-corrected chi connectivity index (χ0v) is 12.7. The molecule has 0 radical (unpaired) electrons. The van der Waals surface area contributed by atoms with E-state index in [-0.39, 0.29) is 11.9 Å². The van der Waals surface area contributed by atoms with Crippen molar-refractivity contribution in [3.05, 3.63) is 63.9 Å². The molecule has 0 saturated carbocycles. The van der Waals surface area contributed by atoms with Crippen molar-refractivity contribution < 1.29 is 4.39 Å². The highest BCUT2D eigenvalue weighted by molar-refractivity contribution is 9.10. The Morgan fingerprint density at radius 3 is 2.42 bits per heavy atom. The summed E-state index contributed by atoms with van der Waals surface area (Å²) >= 11 is 3.37. The molecule has 0 saturated heterocycles. The number of nitrogens with one attached hydrogen (secondary N) is 1. The van der Waals surface area contributed by atoms with Crippen LogP contribution in [0.3, 0.4) is 0 Å². The molecular weight excluding hydrogens is 305 g/mol. The predicted octanol–water partition coefficient (Wildman–Crippen LogP) is 5.32. The average Bonchev–Trinajstić information content (AvgIpc) is 2.42. The Kier molecular flexibility index (Phi) is 4.59. The first-order valence-corrected chi connectivity index (χ1v) is 7.20. The molecule has 19 heavy (non-hydrogen) atoms. The lowest BCUT2D eigenvalue weighted by atomic mass is 10.0. The van der Waals surface area contributed by atoms with Crippen LogP contribution in [-0.4, -0.2) is 0 Å². The van der Waals surface area contributed by atoms with E-state index in [1.165, 1.54) is 23.3 Å². The van der Waals surface area contributed by atoms with Crippen molar-refractivity contribution in [2.75, 3.05) is 5.32 Å². The average molecular weight is 322 g/mol. The SMILES string of the molecule is CCc1ccc(C(C)Nc2ccc(F)cc2Br)cc1. The van der Waals surface area contributed by atoms with Gasteiger partial charge in [0.1, 0.15) is 5.82 Å². The Morgan fingerprint density at radius 2 is 1.84 bits per heavy atom. The van der Waals surface area contributed by atoms with E-state index in [4.69, 9.17) is 0 Å². The van der Waals surface area contributed by atoms with Gasteiger partial charge in [0.15, 0.2) is 0 Å². The number of halogens is 2. The van der Waals surface area contributed by atoms with E-state index in [9.17, 15) is 4.39 Å². The third-order valence-electron chi connectivity index (χ3n) is 3.19. The molecule has 2 rings (SSSR count). The zero-order chi connectivity index (χ0) is 13.8. The monoisotopic (exact) mass is 321 g/mol. The van der Waals surface area contributed by atoms with Crippen LogP contribution in [0.1, 0.15) is 31.0 Å². The summed E-state index contributed by atoms with van der Waals surface area (Å²) in [5, 5.41) is 3.38. The highest BCUT2D eigenvalue weighted by atomic mass is 79.9. The summed E-state index contributed by atoms with van der Waals surface area (Å²) in [4.78, 5) is 0. The molecule has 1 unspecified atom stereocenters. The van der Waals surface area contributed by atoms with E-state index in [1.807, 2.05) is 0 Å². The molecule has 0 aliphatic carbocycles. The minimum absolute atomic E-state index is 0.174. The van der Waals surface area contributed by atoms with E-state index < -0.39 is 0 Å². The summed E-state index contributed by atoms with van der Waals surface area (Å²) in [6, 6.07) is 13.4. The molecular formula is C16H17BrFN. The first-order chi connectivity index (χ1) is 9.10. The van der Waals surface area contributed by atoms with Crippen LogP contribution in [0.15, 0.2) is 46.9 Å². The van der Waals surface area contributed by atoms with Gasteiger partial charge in [0, 0.05) is 16.2 Å². The van der Waals surface area contributed by atoms with Crippen molar-refractivity contribution in [2.24, 2.45) is 0 Å². The summed E-state index contributed by atoms with van der Waals surface area (Å²) in [6.45, 7) is 4.24. The molecule has 0 fully saturated rings. The third-order valence-corrected chi connectivity index (χ3v) is 3.85. The molecule has 2 aromatic rings. The number of hydrogen-bond acceptors (Lipinski definition) is 1. The van der Waals surface area contributed by atoms with Crippen molar-refractivity contribution in [1.82, 2.24) is 0 Å². The molecule has 0 aliphatic rings. The highest BCUT2D eigenvalue weighted by Gasteiger charge is 2.08. The summed E-state index contributed by atoms with van der Waals surface area (Å²) in [5.41, 5.74) is 3.45. The lowest BCUT2D eigenvalue weighted by Gasteiger charge is -2.17. The topological polar surface area (TPSA) is 12.0 Å². The van der Waals surface area contributed by atoms with E-state index in [2.05, 4.69) is 59.4 Å². The quantitative estimate of drug-likeness (QED) is 0.803. The summed E-state index contributed by atoms with van der Waals surface area (Å²) in [5.74, 6) is -0.239. The third kappa shape index (κ3) is 3.57. The standard InChI is InChI=1S/C16H17BrFN/c1-3-12-4-6-13(7-5-12)11(2)19-16-9-8-14(18)10-15(16)17/h4-11,19H,3H2,1-2H3. The van der Waals surface area contributed by atoms with Crippen LogP contribution >= 0.6 is 15.9 Å². The normalized spacial score (nSPS) is 12.2. The molecule has 3 heteroatoms. The van der Waals surface area contributed by atoms with Crippen LogP contribution in [0.5, 0.6) is 0 Å². The van der Waals surface area contributed by atoms with Gasteiger partial charge in [-0.15, -0.1) is 0 Å². The molecule has 0 aromatic heterocycles. The van der Waals surface area contributed by atoms with E-state index in [0.29, 0.717) is 0 Å². The smallest absolute Gasteiger partial charge is 0.124 e. The van der Waals surface area contributed by atoms with Gasteiger partial charge >= 0.3 is 0 Å². The molecule has 0 amide bonds. The Hall–Kier alpha value is -1.35. The number of benzene rings is 2. The summed E-state index contributed by atoms with van der Waals surface area (Å²) in [7, 11) is 0. The fourth-order valence-corrected chi connectivity index (χ4v) is 2.43. The number of hydrogen-bond donors (Lipinski definition) is 1. The molecule has 100 valence electrons. The Bertz CT molecular complexity index is 551. The fourth-order valence-electron chi connectivity index (χ4n) is 1.97. The lowest BCUT2D eigenvalue weighted by molar-refractivity contribution is 0.627. The van der Waals surface area contributed by atoms with Crippen molar-refractivity contribution in [1.29, 1.82) is 0 Å². The first kappa shape index (κ1) is 14.1. The van der Waals surface area contributed by atoms with Crippen LogP contribution in [0.25, 0.3) is 0 Å². The molecule has 0 aliphatic heterocycles. The maximum absolute atomic E-state index is 13.0. The Balaban J connectivity index is 2.13. The van der Waals surface area contributed by atoms with Crippen LogP contribution < -0.4 is 5.32 Å². The molecule has 2 aromatic carbocycles. The van der Waals surface area contributed by atoms with E-state index >= 15 is 0 Å². The molecule has 0 spiro atoms. The minimum atomic E-state index is -0.239. The molecule has 0 bridgehead atoms. The Morgan fingerprint density at radius 1 is 1.16 bits per heavy atom. The predicted molar refractivity (Wildman–Crippen MR) is 82.0 cm³/mol. The van der Waals surface area contributed by atoms with Crippen molar-refractivity contribution >= 4 is 21.6 Å². The van der Waals surface area contributed by atoms with Gasteiger partial charge in [-0.05, 0) is 58.6 Å². The van der Waals surface area contributed by atoms with Gasteiger partial charge < -0.3 is 5.32 Å². The lowest BCUT2D eigenvalue weighted by Crippen LogP contribution is -2.07. The van der Waals surface area contributed by atoms with Crippen molar-refractivity contribution in [3.8, 4) is 0 Å². The minimum Gasteiger partial charge on any atom is -0.378 e. The largest absolute Gasteiger partial charge is 0.378 e. The maximum atomic E-state index is 13.0. The summed E-state index contributed by atoms with van der Waals surface area (Å²) < 4.78 is 13.8. The second-order valence-electron chi connectivity index (χ2n) is 4.59. The summed E-state index contributed by atoms with van der Waals surface area (Å²) in [6.07, 6.45) is 1.05. The maximum Gasteiger partial charge on any atom is 0.124 e. The second-order valence-corrected chi connectivity index (χ2v) is 5.44. The van der Waals surface area contributed by atoms with Gasteiger partial charge in [0.05, 0.1) is 0 Å². The van der Waals surface area contributed by atoms with Crippen molar-refractivity contribution in [3.63, 3.8) is 0 Å². The molecule has 1 nitrogen and oxygen atoms in total. The fraction of sp³-hybridized carbons (Fsp3) is 0.250. The van der Waals surface area contributed by atoms with Gasteiger partial charge in [-0.1, -0.05) is 31.2 Å². The van der Waals surface area contributed by atoms with Crippen LogP contribution in [0, 0.1) is 5.82 Å². The number of aryl methyl sites for hydroxylation is 1.